The molecule has 2 unspecified atom stereocenters. The molecule has 2 aromatic rings. The van der Waals surface area contributed by atoms with Crippen LogP contribution >= 0.6 is 22.7 Å². The lowest BCUT2D eigenvalue weighted by atomic mass is 9.88. The number of amides is 1. The van der Waals surface area contributed by atoms with Gasteiger partial charge >= 0.3 is 5.97 Å². The lowest BCUT2D eigenvalue weighted by molar-refractivity contribution is -0.123. The van der Waals surface area contributed by atoms with Gasteiger partial charge in [-0.2, -0.15) is 5.26 Å². The number of hydrogen-bond donors (Lipinski definition) is 1. The molecule has 1 amide bonds. The second kappa shape index (κ2) is 7.38. The maximum atomic E-state index is 12.5. The maximum absolute atomic E-state index is 12.5. The highest BCUT2D eigenvalue weighted by Gasteiger charge is 2.26. The third kappa shape index (κ3) is 3.75. The van der Waals surface area contributed by atoms with E-state index in [0.29, 0.717) is 22.0 Å². The maximum Gasteiger partial charge on any atom is 0.340 e. The minimum Gasteiger partial charge on any atom is -0.449 e. The third-order valence-electron chi connectivity index (χ3n) is 4.30. The van der Waals surface area contributed by atoms with Crippen LogP contribution in [0.5, 0.6) is 0 Å². The van der Waals surface area contributed by atoms with E-state index in [1.54, 1.807) is 22.8 Å². The molecule has 7 heteroatoms. The largest absolute Gasteiger partial charge is 0.449 e. The summed E-state index contributed by atoms with van der Waals surface area (Å²) in [4.78, 5) is 25.9. The van der Waals surface area contributed by atoms with Gasteiger partial charge in [-0.3, -0.25) is 4.79 Å². The van der Waals surface area contributed by atoms with Gasteiger partial charge in [-0.1, -0.05) is 6.92 Å². The quantitative estimate of drug-likeness (QED) is 0.821. The Labute approximate surface area is 154 Å². The van der Waals surface area contributed by atoms with Crippen LogP contribution in [-0.2, 0) is 22.4 Å². The molecule has 0 fully saturated rings. The summed E-state index contributed by atoms with van der Waals surface area (Å²) in [7, 11) is 0. The van der Waals surface area contributed by atoms with Gasteiger partial charge in [0, 0.05) is 10.3 Å². The summed E-state index contributed by atoms with van der Waals surface area (Å²) in [6.07, 6.45) is 2.01. The molecule has 0 bridgehead atoms. The predicted molar refractivity (Wildman–Crippen MR) is 98.0 cm³/mol. The second-order valence-electron chi connectivity index (χ2n) is 6.21. The lowest BCUT2D eigenvalue weighted by Gasteiger charge is -2.19. The number of carbonyl (C=O) groups excluding carboxylic acids is 2. The van der Waals surface area contributed by atoms with Crippen LogP contribution in [0.15, 0.2) is 16.8 Å². The fraction of sp³-hybridized carbons (Fsp3) is 0.389. The lowest BCUT2D eigenvalue weighted by Crippen LogP contribution is -2.30. The Hall–Kier alpha value is -2.17. The molecule has 0 aromatic carbocycles. The summed E-state index contributed by atoms with van der Waals surface area (Å²) >= 11 is 2.85. The number of hydrogen-bond acceptors (Lipinski definition) is 6. The zero-order chi connectivity index (χ0) is 18.0. The van der Waals surface area contributed by atoms with Crippen LogP contribution < -0.4 is 5.32 Å². The number of ether oxygens (including phenoxy) is 1. The van der Waals surface area contributed by atoms with Crippen molar-refractivity contribution < 1.29 is 14.3 Å². The monoisotopic (exact) mass is 374 g/mol. The summed E-state index contributed by atoms with van der Waals surface area (Å²) in [6, 6.07) is 3.64. The second-order valence-corrected chi connectivity index (χ2v) is 8.09. The van der Waals surface area contributed by atoms with Crippen molar-refractivity contribution in [3.05, 3.63) is 38.4 Å². The molecule has 2 heterocycles. The highest BCUT2D eigenvalue weighted by Crippen LogP contribution is 2.33. The Morgan fingerprint density at radius 3 is 3.00 bits per heavy atom. The number of fused-ring (bicyclic) bond motifs is 1. The molecule has 1 aliphatic rings. The first-order valence-electron chi connectivity index (χ1n) is 8.08. The number of nitrogens with zero attached hydrogens (tertiary/aromatic N) is 1. The fourth-order valence-corrected chi connectivity index (χ4v) is 4.81. The van der Waals surface area contributed by atoms with Gasteiger partial charge in [-0.15, -0.1) is 22.7 Å². The number of thiophene rings is 2. The van der Waals surface area contributed by atoms with Crippen molar-refractivity contribution >= 4 is 39.6 Å². The molecule has 0 radical (unpaired) electrons. The standard InChI is InChI=1S/C18H18N2O3S2/c1-10-3-4-13-14(9-25-15(13)7-10)18(22)23-11(2)16(21)20-17-12(8-19)5-6-24-17/h5-6,9-11H,3-4,7H2,1-2H3,(H,20,21). The van der Waals surface area contributed by atoms with Crippen molar-refractivity contribution in [3.63, 3.8) is 0 Å². The summed E-state index contributed by atoms with van der Waals surface area (Å²) in [5, 5.41) is 15.7. The predicted octanol–water partition coefficient (Wildman–Crippen LogP) is 3.99. The normalized spacial score (nSPS) is 17.2. The Bertz CT molecular complexity index is 847. The average Bonchev–Trinajstić information content (AvgIpc) is 3.20. The summed E-state index contributed by atoms with van der Waals surface area (Å²) in [6.45, 7) is 3.75. The van der Waals surface area contributed by atoms with Gasteiger partial charge in [0.2, 0.25) is 0 Å². The van der Waals surface area contributed by atoms with Crippen LogP contribution in [0.25, 0.3) is 0 Å². The van der Waals surface area contributed by atoms with Crippen molar-refractivity contribution in [1.82, 2.24) is 0 Å². The van der Waals surface area contributed by atoms with E-state index in [2.05, 4.69) is 12.2 Å². The van der Waals surface area contributed by atoms with E-state index in [4.69, 9.17) is 10.00 Å². The Morgan fingerprint density at radius 1 is 1.44 bits per heavy atom. The van der Waals surface area contributed by atoms with Gasteiger partial charge in [0.1, 0.15) is 11.1 Å². The summed E-state index contributed by atoms with van der Waals surface area (Å²) < 4.78 is 5.35. The fourth-order valence-electron chi connectivity index (χ4n) is 2.83. The Morgan fingerprint density at radius 2 is 2.24 bits per heavy atom. The van der Waals surface area contributed by atoms with Crippen molar-refractivity contribution in [2.24, 2.45) is 5.92 Å². The number of esters is 1. The molecule has 130 valence electrons. The molecule has 0 saturated carbocycles. The minimum atomic E-state index is -0.931. The number of nitriles is 1. The number of carbonyl (C=O) groups is 2. The van der Waals surface area contributed by atoms with Gasteiger partial charge in [-0.25, -0.2) is 4.79 Å². The van der Waals surface area contributed by atoms with E-state index in [1.165, 1.54) is 23.1 Å². The van der Waals surface area contributed by atoms with E-state index < -0.39 is 18.0 Å². The van der Waals surface area contributed by atoms with E-state index in [9.17, 15) is 9.59 Å². The zero-order valence-corrected chi connectivity index (χ0v) is 15.6. The van der Waals surface area contributed by atoms with E-state index in [0.717, 1.165) is 24.8 Å². The smallest absolute Gasteiger partial charge is 0.340 e. The Kier molecular flexibility index (Phi) is 5.21. The van der Waals surface area contributed by atoms with Gasteiger partial charge in [-0.05, 0) is 49.1 Å². The molecule has 3 rings (SSSR count). The van der Waals surface area contributed by atoms with Crippen molar-refractivity contribution in [2.75, 3.05) is 5.32 Å². The van der Waals surface area contributed by atoms with Gasteiger partial charge in [0.05, 0.1) is 11.1 Å². The van der Waals surface area contributed by atoms with Gasteiger partial charge in [0.15, 0.2) is 6.10 Å². The molecule has 1 aliphatic carbocycles. The van der Waals surface area contributed by atoms with Crippen molar-refractivity contribution in [2.45, 2.75) is 39.2 Å². The molecule has 1 N–H and O–H groups in total. The van der Waals surface area contributed by atoms with Crippen LogP contribution in [0.1, 0.15) is 46.6 Å². The molecule has 2 aromatic heterocycles. The molecule has 2 atom stereocenters. The van der Waals surface area contributed by atoms with E-state index in [-0.39, 0.29) is 0 Å². The highest BCUT2D eigenvalue weighted by atomic mass is 32.1. The van der Waals surface area contributed by atoms with Crippen LogP contribution in [0.3, 0.4) is 0 Å². The molecule has 25 heavy (non-hydrogen) atoms. The molecular formula is C18H18N2O3S2. The van der Waals surface area contributed by atoms with Gasteiger partial charge in [0.25, 0.3) is 5.91 Å². The zero-order valence-electron chi connectivity index (χ0n) is 14.0. The first kappa shape index (κ1) is 17.6. The number of rotatable bonds is 4. The minimum absolute atomic E-state index is 0.401. The highest BCUT2D eigenvalue weighted by molar-refractivity contribution is 7.14. The molecular weight excluding hydrogens is 356 g/mol. The van der Waals surface area contributed by atoms with Crippen LogP contribution in [0.2, 0.25) is 0 Å². The Balaban J connectivity index is 1.65. The van der Waals surface area contributed by atoms with E-state index in [1.807, 2.05) is 11.4 Å². The first-order valence-corrected chi connectivity index (χ1v) is 9.84. The topological polar surface area (TPSA) is 79.2 Å². The van der Waals surface area contributed by atoms with Crippen LogP contribution in [-0.4, -0.2) is 18.0 Å². The van der Waals surface area contributed by atoms with Gasteiger partial charge < -0.3 is 10.1 Å². The number of nitrogens with one attached hydrogen (secondary N) is 1. The molecule has 0 spiro atoms. The van der Waals surface area contributed by atoms with Crippen LogP contribution in [0, 0.1) is 17.2 Å². The number of anilines is 1. The van der Waals surface area contributed by atoms with Crippen LogP contribution in [0.4, 0.5) is 5.00 Å². The van der Waals surface area contributed by atoms with Crippen molar-refractivity contribution in [3.8, 4) is 6.07 Å². The first-order chi connectivity index (χ1) is 12.0. The third-order valence-corrected chi connectivity index (χ3v) is 6.18. The average molecular weight is 374 g/mol. The molecule has 5 nitrogen and oxygen atoms in total. The summed E-state index contributed by atoms with van der Waals surface area (Å²) in [5.74, 6) is -0.258. The van der Waals surface area contributed by atoms with E-state index >= 15 is 0 Å². The SMILES string of the molecule is CC1CCc2c(C(=O)OC(C)C(=O)Nc3sccc3C#N)csc2C1. The summed E-state index contributed by atoms with van der Waals surface area (Å²) in [5.41, 5.74) is 2.06. The molecule has 0 saturated heterocycles. The van der Waals surface area contributed by atoms with Crippen molar-refractivity contribution in [1.29, 1.82) is 5.26 Å². The molecule has 0 aliphatic heterocycles.